The maximum absolute atomic E-state index is 12.8. The van der Waals surface area contributed by atoms with Crippen molar-refractivity contribution in [1.29, 1.82) is 5.26 Å². The van der Waals surface area contributed by atoms with E-state index in [-0.39, 0.29) is 11.5 Å². The summed E-state index contributed by atoms with van der Waals surface area (Å²) in [5, 5.41) is 9.24. The largest absolute Gasteiger partial charge is 0.441 e. The molecule has 5 rings (SSSR count). The maximum Gasteiger partial charge on any atom is 0.415 e. The number of rotatable bonds is 3. The van der Waals surface area contributed by atoms with Gasteiger partial charge in [0.2, 0.25) is 0 Å². The van der Waals surface area contributed by atoms with E-state index in [1.54, 1.807) is 23.4 Å². The Bertz CT molecular complexity index is 1240. The van der Waals surface area contributed by atoms with Crippen LogP contribution in [0.4, 0.5) is 10.5 Å². The van der Waals surface area contributed by atoms with Gasteiger partial charge in [0.25, 0.3) is 0 Å². The average molecular weight is 445 g/mol. The van der Waals surface area contributed by atoms with E-state index in [1.807, 2.05) is 18.5 Å². The number of nitriles is 1. The fourth-order valence-corrected chi connectivity index (χ4v) is 5.06. The molecule has 3 aromatic rings. The number of hydrogen-bond acceptors (Lipinski definition) is 6. The average Bonchev–Trinajstić information content (AvgIpc) is 3.33. The molecule has 1 saturated heterocycles. The van der Waals surface area contributed by atoms with E-state index in [2.05, 4.69) is 46.4 Å². The molecule has 2 aromatic heterocycles. The Hall–Kier alpha value is -3.47. The Kier molecular flexibility index (Phi) is 5.08. The van der Waals surface area contributed by atoms with Crippen molar-refractivity contribution in [1.82, 2.24) is 19.5 Å². The third-order valence-corrected chi connectivity index (χ3v) is 6.70. The second-order valence-electron chi connectivity index (χ2n) is 10.3. The molecule has 3 heterocycles. The van der Waals surface area contributed by atoms with Crippen LogP contribution in [0, 0.1) is 17.2 Å². The van der Waals surface area contributed by atoms with Crippen molar-refractivity contribution in [3.63, 3.8) is 0 Å². The fraction of sp³-hybridized carbons (Fsp3) is 0.480. The summed E-state index contributed by atoms with van der Waals surface area (Å²) in [5.74, 6) is 1.10. The fourth-order valence-electron chi connectivity index (χ4n) is 5.06. The van der Waals surface area contributed by atoms with E-state index >= 15 is 0 Å². The second-order valence-corrected chi connectivity index (χ2v) is 10.3. The molecule has 2 atom stereocenters. The van der Waals surface area contributed by atoms with Gasteiger partial charge in [-0.15, -0.1) is 0 Å². The van der Waals surface area contributed by atoms with Crippen LogP contribution >= 0.6 is 0 Å². The van der Waals surface area contributed by atoms with Crippen molar-refractivity contribution in [3.8, 4) is 6.07 Å². The summed E-state index contributed by atoms with van der Waals surface area (Å²) >= 11 is 0. The predicted molar refractivity (Wildman–Crippen MR) is 124 cm³/mol. The smallest absolute Gasteiger partial charge is 0.415 e. The van der Waals surface area contributed by atoms with Crippen LogP contribution in [-0.4, -0.2) is 37.8 Å². The highest BCUT2D eigenvalue weighted by molar-refractivity contribution is 5.90. The van der Waals surface area contributed by atoms with Crippen molar-refractivity contribution in [2.45, 2.75) is 64.0 Å². The Morgan fingerprint density at radius 3 is 2.76 bits per heavy atom. The van der Waals surface area contributed by atoms with Gasteiger partial charge in [-0.2, -0.15) is 5.26 Å². The zero-order chi connectivity index (χ0) is 23.2. The van der Waals surface area contributed by atoms with Gasteiger partial charge in [-0.05, 0) is 49.8 Å². The monoisotopic (exact) mass is 444 g/mol. The van der Waals surface area contributed by atoms with Gasteiger partial charge in [-0.25, -0.2) is 19.7 Å². The van der Waals surface area contributed by atoms with Gasteiger partial charge >= 0.3 is 6.09 Å². The summed E-state index contributed by atoms with van der Waals surface area (Å²) in [5.41, 5.74) is 2.53. The molecule has 170 valence electrons. The first-order valence-electron chi connectivity index (χ1n) is 11.4. The van der Waals surface area contributed by atoms with Crippen molar-refractivity contribution >= 4 is 22.8 Å². The molecule has 0 N–H and O–H groups in total. The zero-order valence-electron chi connectivity index (χ0n) is 19.3. The molecule has 1 aliphatic heterocycles. The second kappa shape index (κ2) is 7.84. The van der Waals surface area contributed by atoms with Crippen LogP contribution < -0.4 is 4.90 Å². The third kappa shape index (κ3) is 4.04. The number of aromatic nitrogens is 4. The molecule has 0 radical (unpaired) electrons. The summed E-state index contributed by atoms with van der Waals surface area (Å²) in [4.78, 5) is 27.9. The van der Waals surface area contributed by atoms with Crippen LogP contribution in [0.2, 0.25) is 0 Å². The standard InChI is InChI=1S/C25H28N6O2/c1-24(2,3)22-27-12-19(13-28-22)31-15-25(33-23(31)32)8-4-5-18(10-25)14-30-16-29-20-7-6-17(11-26)9-21(20)30/h6-7,9,12-13,16,18H,4-5,8,10,14-15H2,1-3H3/t18-,25-/m0/s1. The van der Waals surface area contributed by atoms with E-state index in [9.17, 15) is 10.1 Å². The van der Waals surface area contributed by atoms with E-state index in [1.165, 1.54) is 0 Å². The van der Waals surface area contributed by atoms with E-state index in [4.69, 9.17) is 4.74 Å². The molecule has 2 fully saturated rings. The molecular weight excluding hydrogens is 416 g/mol. The SMILES string of the molecule is CC(C)(C)c1ncc(N2C[C@@]3(CCC[C@H](Cn4cnc5ccc(C#N)cc54)C3)OC2=O)cn1. The molecule has 1 aromatic carbocycles. The Labute approximate surface area is 193 Å². The van der Waals surface area contributed by atoms with Gasteiger partial charge in [-0.1, -0.05) is 20.8 Å². The van der Waals surface area contributed by atoms with Crippen molar-refractivity contribution in [3.05, 3.63) is 48.3 Å². The van der Waals surface area contributed by atoms with Gasteiger partial charge in [0.05, 0.1) is 53.6 Å². The summed E-state index contributed by atoms with van der Waals surface area (Å²) in [7, 11) is 0. The first-order valence-corrected chi connectivity index (χ1v) is 11.4. The lowest BCUT2D eigenvalue weighted by molar-refractivity contribution is 0.00439. The summed E-state index contributed by atoms with van der Waals surface area (Å²) in [6, 6.07) is 7.77. The number of carbonyl (C=O) groups is 1. The third-order valence-electron chi connectivity index (χ3n) is 6.70. The van der Waals surface area contributed by atoms with Crippen LogP contribution in [0.25, 0.3) is 11.0 Å². The summed E-state index contributed by atoms with van der Waals surface area (Å²) in [6.45, 7) is 7.49. The normalized spacial score (nSPS) is 23.2. The first kappa shape index (κ1) is 21.4. The number of fused-ring (bicyclic) bond motifs is 1. The molecule has 33 heavy (non-hydrogen) atoms. The lowest BCUT2D eigenvalue weighted by Gasteiger charge is -2.36. The zero-order valence-corrected chi connectivity index (χ0v) is 19.3. The number of imidazole rings is 1. The van der Waals surface area contributed by atoms with E-state index in [0.29, 0.717) is 23.7 Å². The van der Waals surface area contributed by atoms with Gasteiger partial charge in [0.1, 0.15) is 11.4 Å². The number of hydrogen-bond donors (Lipinski definition) is 0. The highest BCUT2D eigenvalue weighted by atomic mass is 16.6. The molecule has 1 aliphatic carbocycles. The molecule has 1 saturated carbocycles. The highest BCUT2D eigenvalue weighted by Gasteiger charge is 2.48. The number of ether oxygens (including phenoxy) is 1. The van der Waals surface area contributed by atoms with Crippen molar-refractivity contribution < 1.29 is 9.53 Å². The van der Waals surface area contributed by atoms with E-state index in [0.717, 1.165) is 49.1 Å². The number of nitrogens with zero attached hydrogens (tertiary/aromatic N) is 6. The number of benzene rings is 1. The Morgan fingerprint density at radius 2 is 2.03 bits per heavy atom. The minimum Gasteiger partial charge on any atom is -0.441 e. The van der Waals surface area contributed by atoms with Crippen LogP contribution in [0.1, 0.15) is 57.8 Å². The summed E-state index contributed by atoms with van der Waals surface area (Å²) < 4.78 is 8.11. The number of anilines is 1. The molecule has 1 amide bonds. The molecule has 8 nitrogen and oxygen atoms in total. The predicted octanol–water partition coefficient (Wildman–Crippen LogP) is 4.58. The highest BCUT2D eigenvalue weighted by Crippen LogP contribution is 2.41. The molecular formula is C25H28N6O2. The number of amides is 1. The van der Waals surface area contributed by atoms with Gasteiger partial charge in [0.15, 0.2) is 0 Å². The lowest BCUT2D eigenvalue weighted by Crippen LogP contribution is -2.40. The maximum atomic E-state index is 12.8. The molecule has 0 bridgehead atoms. The summed E-state index contributed by atoms with van der Waals surface area (Å²) in [6.07, 6.45) is 8.69. The molecule has 2 aliphatic rings. The van der Waals surface area contributed by atoms with Crippen LogP contribution in [0.15, 0.2) is 36.9 Å². The molecule has 0 unspecified atom stereocenters. The topological polar surface area (TPSA) is 96.9 Å². The van der Waals surface area contributed by atoms with Crippen LogP contribution in [0.3, 0.4) is 0 Å². The number of carbonyl (C=O) groups excluding carboxylic acids is 1. The van der Waals surface area contributed by atoms with Crippen molar-refractivity contribution in [2.75, 3.05) is 11.4 Å². The van der Waals surface area contributed by atoms with E-state index < -0.39 is 5.60 Å². The minimum atomic E-state index is -0.489. The quantitative estimate of drug-likeness (QED) is 0.586. The first-order chi connectivity index (χ1) is 15.8. The lowest BCUT2D eigenvalue weighted by atomic mass is 9.78. The van der Waals surface area contributed by atoms with Gasteiger partial charge in [0, 0.05) is 12.0 Å². The minimum absolute atomic E-state index is 0.145. The molecule has 8 heteroatoms. The van der Waals surface area contributed by atoms with Crippen LogP contribution in [-0.2, 0) is 16.7 Å². The molecule has 1 spiro atoms. The Morgan fingerprint density at radius 1 is 1.24 bits per heavy atom. The van der Waals surface area contributed by atoms with Crippen LogP contribution in [0.5, 0.6) is 0 Å². The Balaban J connectivity index is 1.32. The van der Waals surface area contributed by atoms with Gasteiger partial charge < -0.3 is 9.30 Å². The van der Waals surface area contributed by atoms with Crippen molar-refractivity contribution in [2.24, 2.45) is 5.92 Å². The van der Waals surface area contributed by atoms with Gasteiger partial charge in [-0.3, -0.25) is 4.90 Å².